The number of aromatic amines is 1. The standard InChI is InChI=1S/C16H16N4O3S3/c17-26(22,23)14-7-6-12(25-14)8-9-18-15(21)13-10-19-16(24)20(13)11-4-2-1-3-5-11/h1-7,10H,8-9H2,(H,18,21)(H,19,24)(H2,17,22,23). The van der Waals surface area contributed by atoms with Gasteiger partial charge in [-0.05, 0) is 42.9 Å². The molecule has 0 saturated heterocycles. The number of carbonyl (C=O) groups excluding carboxylic acids is 1. The van der Waals surface area contributed by atoms with Crippen LogP contribution < -0.4 is 10.5 Å². The number of imidazole rings is 1. The lowest BCUT2D eigenvalue weighted by Crippen LogP contribution is -2.27. The molecule has 0 aliphatic carbocycles. The van der Waals surface area contributed by atoms with E-state index in [1.54, 1.807) is 16.8 Å². The smallest absolute Gasteiger partial charge is 0.269 e. The largest absolute Gasteiger partial charge is 0.350 e. The Morgan fingerprint density at radius 1 is 1.23 bits per heavy atom. The second-order valence-electron chi connectivity index (χ2n) is 5.42. The van der Waals surface area contributed by atoms with Gasteiger partial charge in [-0.15, -0.1) is 11.3 Å². The summed E-state index contributed by atoms with van der Waals surface area (Å²) >= 11 is 6.36. The second-order valence-corrected chi connectivity index (χ2v) is 8.76. The first kappa shape index (κ1) is 18.5. The van der Waals surface area contributed by atoms with E-state index in [1.165, 1.54) is 6.07 Å². The number of benzene rings is 1. The highest BCUT2D eigenvalue weighted by Crippen LogP contribution is 2.20. The molecule has 0 aliphatic heterocycles. The van der Waals surface area contributed by atoms with Gasteiger partial charge < -0.3 is 10.3 Å². The molecule has 0 fully saturated rings. The maximum Gasteiger partial charge on any atom is 0.269 e. The molecule has 4 N–H and O–H groups in total. The maximum absolute atomic E-state index is 12.5. The highest BCUT2D eigenvalue weighted by atomic mass is 32.2. The Hall–Kier alpha value is -2.27. The summed E-state index contributed by atoms with van der Waals surface area (Å²) < 4.78 is 24.8. The number of nitrogens with one attached hydrogen (secondary N) is 2. The van der Waals surface area contributed by atoms with Gasteiger partial charge in [-0.2, -0.15) is 0 Å². The van der Waals surface area contributed by atoms with Crippen molar-refractivity contribution in [3.63, 3.8) is 0 Å². The Labute approximate surface area is 159 Å². The van der Waals surface area contributed by atoms with E-state index in [9.17, 15) is 13.2 Å². The van der Waals surface area contributed by atoms with Crippen molar-refractivity contribution >= 4 is 39.5 Å². The van der Waals surface area contributed by atoms with Crippen molar-refractivity contribution in [2.24, 2.45) is 5.14 Å². The third-order valence-corrected chi connectivity index (χ3v) is 6.48. The van der Waals surface area contributed by atoms with Crippen molar-refractivity contribution in [3.05, 3.63) is 64.0 Å². The number of hydrogen-bond acceptors (Lipinski definition) is 5. The van der Waals surface area contributed by atoms with Crippen LogP contribution in [-0.2, 0) is 16.4 Å². The molecule has 26 heavy (non-hydrogen) atoms. The fraction of sp³-hybridized carbons (Fsp3) is 0.125. The first-order valence-corrected chi connectivity index (χ1v) is 10.4. The van der Waals surface area contributed by atoms with E-state index in [-0.39, 0.29) is 10.1 Å². The van der Waals surface area contributed by atoms with Gasteiger partial charge in [-0.1, -0.05) is 18.2 Å². The number of thiophene rings is 1. The van der Waals surface area contributed by atoms with Gasteiger partial charge in [0.15, 0.2) is 4.77 Å². The van der Waals surface area contributed by atoms with Crippen molar-refractivity contribution in [2.45, 2.75) is 10.6 Å². The maximum atomic E-state index is 12.5. The number of nitrogens with zero attached hydrogens (tertiary/aromatic N) is 1. The number of para-hydroxylation sites is 1. The molecule has 0 atom stereocenters. The predicted molar refractivity (Wildman–Crippen MR) is 103 cm³/mol. The van der Waals surface area contributed by atoms with Crippen LogP contribution in [0.3, 0.4) is 0 Å². The number of amides is 1. The number of aromatic nitrogens is 2. The van der Waals surface area contributed by atoms with Crippen LogP contribution in [-0.4, -0.2) is 30.4 Å². The minimum Gasteiger partial charge on any atom is -0.350 e. The Morgan fingerprint density at radius 3 is 2.62 bits per heavy atom. The molecule has 0 bridgehead atoms. The van der Waals surface area contributed by atoms with E-state index >= 15 is 0 Å². The normalized spacial score (nSPS) is 11.4. The zero-order chi connectivity index (χ0) is 18.7. The molecule has 2 aromatic heterocycles. The average molecular weight is 409 g/mol. The summed E-state index contributed by atoms with van der Waals surface area (Å²) in [7, 11) is -3.69. The molecule has 2 heterocycles. The van der Waals surface area contributed by atoms with Crippen molar-refractivity contribution in [1.82, 2.24) is 14.9 Å². The zero-order valence-electron chi connectivity index (χ0n) is 13.5. The van der Waals surface area contributed by atoms with E-state index < -0.39 is 10.0 Å². The van der Waals surface area contributed by atoms with Crippen LogP contribution in [0.5, 0.6) is 0 Å². The number of sulfonamides is 1. The molecular weight excluding hydrogens is 392 g/mol. The Kier molecular flexibility index (Phi) is 5.37. The van der Waals surface area contributed by atoms with Gasteiger partial charge in [-0.3, -0.25) is 9.36 Å². The molecule has 0 spiro atoms. The van der Waals surface area contributed by atoms with Crippen molar-refractivity contribution in [1.29, 1.82) is 0 Å². The van der Waals surface area contributed by atoms with Gasteiger partial charge in [0.2, 0.25) is 10.0 Å². The summed E-state index contributed by atoms with van der Waals surface area (Å²) in [6, 6.07) is 12.5. The minimum absolute atomic E-state index is 0.113. The number of primary sulfonamides is 1. The van der Waals surface area contributed by atoms with Gasteiger partial charge in [0, 0.05) is 23.3 Å². The molecule has 10 heteroatoms. The Bertz CT molecular complexity index is 1080. The first-order chi connectivity index (χ1) is 12.4. The number of nitrogens with two attached hydrogens (primary N) is 1. The topological polar surface area (TPSA) is 110 Å². The van der Waals surface area contributed by atoms with E-state index in [1.807, 2.05) is 30.3 Å². The quantitative estimate of drug-likeness (QED) is 0.543. The first-order valence-electron chi connectivity index (χ1n) is 7.62. The molecular formula is C16H16N4O3S3. The van der Waals surface area contributed by atoms with Gasteiger partial charge in [0.25, 0.3) is 5.91 Å². The highest BCUT2D eigenvalue weighted by Gasteiger charge is 2.15. The molecule has 0 aliphatic rings. The summed E-state index contributed by atoms with van der Waals surface area (Å²) in [5, 5.41) is 7.91. The van der Waals surface area contributed by atoms with Crippen molar-refractivity contribution < 1.29 is 13.2 Å². The fourth-order valence-corrected chi connectivity index (χ4v) is 4.45. The molecule has 1 amide bonds. The molecule has 1 aromatic carbocycles. The van der Waals surface area contributed by atoms with Crippen LogP contribution >= 0.6 is 23.6 Å². The number of rotatable bonds is 6. The monoisotopic (exact) mass is 408 g/mol. The van der Waals surface area contributed by atoms with Crippen LogP contribution in [0.2, 0.25) is 0 Å². The lowest BCUT2D eigenvalue weighted by Gasteiger charge is -2.08. The molecule has 136 valence electrons. The van der Waals surface area contributed by atoms with Crippen LogP contribution in [0.25, 0.3) is 5.69 Å². The van der Waals surface area contributed by atoms with E-state index in [0.29, 0.717) is 23.4 Å². The molecule has 0 saturated carbocycles. The van der Waals surface area contributed by atoms with Crippen LogP contribution in [0.15, 0.2) is 52.9 Å². The highest BCUT2D eigenvalue weighted by molar-refractivity contribution is 7.91. The van der Waals surface area contributed by atoms with E-state index in [0.717, 1.165) is 21.9 Å². The Balaban J connectivity index is 1.68. The molecule has 3 rings (SSSR count). The fourth-order valence-electron chi connectivity index (χ4n) is 2.40. The van der Waals surface area contributed by atoms with Crippen LogP contribution in [0, 0.1) is 4.77 Å². The van der Waals surface area contributed by atoms with E-state index in [4.69, 9.17) is 17.4 Å². The predicted octanol–water partition coefficient (Wildman–Crippen LogP) is 2.22. The molecule has 3 aromatic rings. The number of hydrogen-bond donors (Lipinski definition) is 3. The summed E-state index contributed by atoms with van der Waals surface area (Å²) in [4.78, 5) is 16.2. The van der Waals surface area contributed by atoms with Crippen LogP contribution in [0.4, 0.5) is 0 Å². The SMILES string of the molecule is NS(=O)(=O)c1ccc(CCNC(=O)c2c[nH]c(=S)n2-c2ccccc2)s1. The van der Waals surface area contributed by atoms with Gasteiger partial charge in [0.1, 0.15) is 9.90 Å². The lowest BCUT2D eigenvalue weighted by atomic mass is 10.3. The average Bonchev–Trinajstić information content (AvgIpc) is 3.22. The van der Waals surface area contributed by atoms with Crippen LogP contribution in [0.1, 0.15) is 15.4 Å². The second kappa shape index (κ2) is 7.54. The number of H-pyrrole nitrogens is 1. The summed E-state index contributed by atoms with van der Waals surface area (Å²) in [6.07, 6.45) is 2.07. The van der Waals surface area contributed by atoms with Gasteiger partial charge >= 0.3 is 0 Å². The number of carbonyl (C=O) groups is 1. The Morgan fingerprint density at radius 2 is 1.96 bits per heavy atom. The summed E-state index contributed by atoms with van der Waals surface area (Å²) in [5.74, 6) is -0.274. The molecule has 0 unspecified atom stereocenters. The van der Waals surface area contributed by atoms with Gasteiger partial charge in [-0.25, -0.2) is 13.6 Å². The van der Waals surface area contributed by atoms with Crippen molar-refractivity contribution in [2.75, 3.05) is 6.54 Å². The lowest BCUT2D eigenvalue weighted by molar-refractivity contribution is 0.0947. The third-order valence-electron chi connectivity index (χ3n) is 3.60. The minimum atomic E-state index is -3.69. The summed E-state index contributed by atoms with van der Waals surface area (Å²) in [6.45, 7) is 0.357. The molecule has 7 nitrogen and oxygen atoms in total. The summed E-state index contributed by atoms with van der Waals surface area (Å²) in [5.41, 5.74) is 1.19. The molecule has 0 radical (unpaired) electrons. The third kappa shape index (κ3) is 4.10. The zero-order valence-corrected chi connectivity index (χ0v) is 16.0. The van der Waals surface area contributed by atoms with Gasteiger partial charge in [0.05, 0.1) is 0 Å². The van der Waals surface area contributed by atoms with E-state index in [2.05, 4.69) is 10.3 Å². The van der Waals surface area contributed by atoms with Crippen molar-refractivity contribution in [3.8, 4) is 5.69 Å².